The normalized spacial score (nSPS) is 13.9. The van der Waals surface area contributed by atoms with Gasteiger partial charge in [-0.05, 0) is 24.4 Å². The number of rotatable bonds is 3. The van der Waals surface area contributed by atoms with E-state index in [2.05, 4.69) is 20.8 Å². The molecule has 3 nitrogen and oxygen atoms in total. The van der Waals surface area contributed by atoms with Gasteiger partial charge in [0.05, 0.1) is 0 Å². The molecule has 112 valence electrons. The third-order valence-electron chi connectivity index (χ3n) is 3.07. The molecule has 0 amide bonds. The maximum atomic E-state index is 11.7. The fourth-order valence-corrected chi connectivity index (χ4v) is 6.30. The zero-order chi connectivity index (χ0) is 15.7. The second-order valence-corrected chi connectivity index (χ2v) is 10.2. The first kappa shape index (κ1) is 16.2. The molecule has 1 atom stereocenters. The number of benzene rings is 2. The fraction of sp³-hybridized carbons (Fsp3) is 0.250. The smallest absolute Gasteiger partial charge is 0.282 e. The van der Waals surface area contributed by atoms with Crippen molar-refractivity contribution in [1.82, 2.24) is 0 Å². The van der Waals surface area contributed by atoms with Gasteiger partial charge in [0.25, 0.3) is 10.1 Å². The van der Waals surface area contributed by atoms with Gasteiger partial charge in [0.1, 0.15) is 4.90 Å². The monoisotopic (exact) mass is 322 g/mol. The van der Waals surface area contributed by atoms with Crippen LogP contribution in [-0.2, 0) is 10.1 Å². The predicted molar refractivity (Wildman–Crippen MR) is 88.6 cm³/mol. The van der Waals surface area contributed by atoms with Gasteiger partial charge >= 0.3 is 0 Å². The SMILES string of the molecule is CC(C)(C)P(c1ccccc1)c1ccccc1S(=O)(=O)O. The van der Waals surface area contributed by atoms with Crippen LogP contribution in [0.4, 0.5) is 0 Å². The summed E-state index contributed by atoms with van der Waals surface area (Å²) in [6.45, 7) is 6.27. The van der Waals surface area contributed by atoms with Gasteiger partial charge in [-0.2, -0.15) is 8.42 Å². The molecule has 0 aromatic heterocycles. The Morgan fingerprint density at radius 1 is 0.905 bits per heavy atom. The Kier molecular flexibility index (Phi) is 4.52. The average Bonchev–Trinajstić information content (AvgIpc) is 2.38. The van der Waals surface area contributed by atoms with E-state index in [0.29, 0.717) is 5.30 Å². The van der Waals surface area contributed by atoms with Crippen molar-refractivity contribution in [3.05, 3.63) is 54.6 Å². The van der Waals surface area contributed by atoms with Crippen molar-refractivity contribution < 1.29 is 13.0 Å². The predicted octanol–water partition coefficient (Wildman–Crippen LogP) is 3.16. The second-order valence-electron chi connectivity index (χ2n) is 5.78. The maximum Gasteiger partial charge on any atom is 0.295 e. The van der Waals surface area contributed by atoms with Gasteiger partial charge in [-0.25, -0.2) is 0 Å². The molecule has 0 bridgehead atoms. The van der Waals surface area contributed by atoms with Gasteiger partial charge in [-0.15, -0.1) is 0 Å². The molecule has 0 saturated heterocycles. The number of hydrogen-bond donors (Lipinski definition) is 1. The zero-order valence-corrected chi connectivity index (χ0v) is 14.0. The Bertz CT molecular complexity index is 719. The summed E-state index contributed by atoms with van der Waals surface area (Å²) in [6, 6.07) is 16.6. The highest BCUT2D eigenvalue weighted by Crippen LogP contribution is 2.48. The van der Waals surface area contributed by atoms with Crippen molar-refractivity contribution in [1.29, 1.82) is 0 Å². The minimum atomic E-state index is -4.23. The molecule has 2 aromatic carbocycles. The van der Waals surface area contributed by atoms with E-state index < -0.39 is 18.0 Å². The van der Waals surface area contributed by atoms with Crippen LogP contribution >= 0.6 is 7.92 Å². The third-order valence-corrected chi connectivity index (χ3v) is 7.16. The van der Waals surface area contributed by atoms with Crippen molar-refractivity contribution >= 4 is 28.6 Å². The molecular weight excluding hydrogens is 303 g/mol. The van der Waals surface area contributed by atoms with Gasteiger partial charge in [0.15, 0.2) is 0 Å². The van der Waals surface area contributed by atoms with E-state index in [1.165, 1.54) is 6.07 Å². The van der Waals surface area contributed by atoms with Crippen LogP contribution in [0, 0.1) is 0 Å². The quantitative estimate of drug-likeness (QED) is 0.697. The van der Waals surface area contributed by atoms with Crippen LogP contribution in [0.2, 0.25) is 0 Å². The molecule has 2 aromatic rings. The van der Waals surface area contributed by atoms with E-state index in [4.69, 9.17) is 0 Å². The van der Waals surface area contributed by atoms with Crippen LogP contribution in [0.1, 0.15) is 20.8 Å². The van der Waals surface area contributed by atoms with Crippen molar-refractivity contribution in [2.24, 2.45) is 0 Å². The molecule has 0 saturated carbocycles. The Labute approximate surface area is 127 Å². The van der Waals surface area contributed by atoms with Crippen LogP contribution in [0.5, 0.6) is 0 Å². The molecule has 0 radical (unpaired) electrons. The first-order chi connectivity index (χ1) is 9.71. The van der Waals surface area contributed by atoms with E-state index in [1.807, 2.05) is 36.4 Å². The molecule has 2 rings (SSSR count). The summed E-state index contributed by atoms with van der Waals surface area (Å²) >= 11 is 0. The summed E-state index contributed by atoms with van der Waals surface area (Å²) in [7, 11) is -5.15. The standard InChI is InChI=1S/C16H19O3PS/c1-16(2,3)20(13-9-5-4-6-10-13)14-11-7-8-12-15(14)21(17,18)19/h4-12H,1-3H3,(H,17,18,19). The molecule has 0 fully saturated rings. The van der Waals surface area contributed by atoms with Crippen molar-refractivity contribution in [2.75, 3.05) is 0 Å². The average molecular weight is 322 g/mol. The Morgan fingerprint density at radius 2 is 1.43 bits per heavy atom. The van der Waals surface area contributed by atoms with Gasteiger partial charge in [-0.3, -0.25) is 4.55 Å². The highest BCUT2D eigenvalue weighted by atomic mass is 32.2. The van der Waals surface area contributed by atoms with Crippen LogP contribution in [0.3, 0.4) is 0 Å². The molecule has 0 spiro atoms. The summed E-state index contributed by atoms with van der Waals surface area (Å²) in [5.41, 5.74) is 0. The van der Waals surface area contributed by atoms with Crippen molar-refractivity contribution in [3.8, 4) is 0 Å². The highest BCUT2D eigenvalue weighted by Gasteiger charge is 2.31. The third kappa shape index (κ3) is 3.70. The molecule has 0 aliphatic carbocycles. The van der Waals surface area contributed by atoms with Crippen molar-refractivity contribution in [3.63, 3.8) is 0 Å². The minimum absolute atomic E-state index is 0.00916. The summed E-state index contributed by atoms with van der Waals surface area (Å²) in [4.78, 5) is 0.00916. The Hall–Kier alpha value is -1.22. The Balaban J connectivity index is 2.71. The van der Waals surface area contributed by atoms with Crippen LogP contribution in [0.15, 0.2) is 59.5 Å². The first-order valence-electron chi connectivity index (χ1n) is 6.63. The topological polar surface area (TPSA) is 54.4 Å². The van der Waals surface area contributed by atoms with E-state index in [9.17, 15) is 13.0 Å². The molecule has 21 heavy (non-hydrogen) atoms. The van der Waals surface area contributed by atoms with Gasteiger partial charge < -0.3 is 0 Å². The Morgan fingerprint density at radius 3 is 1.95 bits per heavy atom. The number of hydrogen-bond acceptors (Lipinski definition) is 2. The lowest BCUT2D eigenvalue weighted by molar-refractivity contribution is 0.484. The fourth-order valence-electron chi connectivity index (χ4n) is 2.32. The molecule has 1 N–H and O–H groups in total. The van der Waals surface area contributed by atoms with Gasteiger partial charge in [0.2, 0.25) is 0 Å². The van der Waals surface area contributed by atoms with Crippen LogP contribution < -0.4 is 10.6 Å². The van der Waals surface area contributed by atoms with E-state index in [-0.39, 0.29) is 10.1 Å². The van der Waals surface area contributed by atoms with Crippen LogP contribution in [-0.4, -0.2) is 18.1 Å². The molecular formula is C16H19O3PS. The van der Waals surface area contributed by atoms with Gasteiger partial charge in [-0.1, -0.05) is 69.3 Å². The van der Waals surface area contributed by atoms with Crippen molar-refractivity contribution in [2.45, 2.75) is 30.8 Å². The largest absolute Gasteiger partial charge is 0.295 e. The lowest BCUT2D eigenvalue weighted by atomic mass is 10.3. The molecule has 0 aliphatic heterocycles. The molecule has 1 unspecified atom stereocenters. The molecule has 0 aliphatic rings. The minimum Gasteiger partial charge on any atom is -0.282 e. The molecule has 5 heteroatoms. The lowest BCUT2D eigenvalue weighted by Gasteiger charge is -2.33. The van der Waals surface area contributed by atoms with E-state index >= 15 is 0 Å². The zero-order valence-electron chi connectivity index (χ0n) is 12.3. The van der Waals surface area contributed by atoms with E-state index in [1.54, 1.807) is 12.1 Å². The lowest BCUT2D eigenvalue weighted by Crippen LogP contribution is -2.29. The summed E-state index contributed by atoms with van der Waals surface area (Å²) in [5.74, 6) is 0. The van der Waals surface area contributed by atoms with Gasteiger partial charge in [0, 0.05) is 5.30 Å². The highest BCUT2D eigenvalue weighted by molar-refractivity contribution is 7.87. The maximum absolute atomic E-state index is 11.7. The van der Waals surface area contributed by atoms with Crippen LogP contribution in [0.25, 0.3) is 0 Å². The summed E-state index contributed by atoms with van der Waals surface area (Å²) < 4.78 is 32.9. The first-order valence-corrected chi connectivity index (χ1v) is 9.41. The second kappa shape index (κ2) is 5.88. The summed E-state index contributed by atoms with van der Waals surface area (Å²) in [5, 5.41) is 1.65. The molecule has 0 heterocycles. The van der Waals surface area contributed by atoms with E-state index in [0.717, 1.165) is 5.30 Å². The summed E-state index contributed by atoms with van der Waals surface area (Å²) in [6.07, 6.45) is 0.